The summed E-state index contributed by atoms with van der Waals surface area (Å²) in [4.78, 5) is 39.9. The average molecular weight is 392 g/mol. The van der Waals surface area contributed by atoms with Crippen LogP contribution in [-0.4, -0.2) is 29.1 Å². The van der Waals surface area contributed by atoms with Gasteiger partial charge in [-0.05, 0) is 19.1 Å². The first-order chi connectivity index (χ1) is 12.9. The second-order valence-corrected chi connectivity index (χ2v) is 6.26. The van der Waals surface area contributed by atoms with Crippen molar-refractivity contribution in [3.63, 3.8) is 0 Å². The lowest BCUT2D eigenvalue weighted by Gasteiger charge is -2.06. The molecule has 9 heteroatoms. The standard InChI is InChI=1S/C18H14F2N2O4S/c1-2-26-18(25)14-9-27-17(22-14)12(8-21)16(24)6-5-15(23)11-4-3-10(19)7-13(11)20/h3-4,7,9,12H,2,5-6H2,1H3. The van der Waals surface area contributed by atoms with E-state index in [9.17, 15) is 28.4 Å². The van der Waals surface area contributed by atoms with Crippen LogP contribution < -0.4 is 0 Å². The Balaban J connectivity index is 2.04. The number of esters is 1. The highest BCUT2D eigenvalue weighted by Crippen LogP contribution is 2.23. The van der Waals surface area contributed by atoms with Crippen LogP contribution in [-0.2, 0) is 9.53 Å². The smallest absolute Gasteiger partial charge is 0.357 e. The highest BCUT2D eigenvalue weighted by molar-refractivity contribution is 7.10. The van der Waals surface area contributed by atoms with Crippen molar-refractivity contribution in [2.75, 3.05) is 6.61 Å². The molecule has 0 aliphatic rings. The number of thiazole rings is 1. The topological polar surface area (TPSA) is 97.1 Å². The molecule has 0 amide bonds. The fraction of sp³-hybridized carbons (Fsp3) is 0.278. The number of carbonyl (C=O) groups is 3. The summed E-state index contributed by atoms with van der Waals surface area (Å²) in [6.07, 6.45) is -0.655. The minimum absolute atomic E-state index is 0.00522. The van der Waals surface area contributed by atoms with E-state index < -0.39 is 35.1 Å². The fourth-order valence-electron chi connectivity index (χ4n) is 2.22. The number of Topliss-reactive ketones (excluding diaryl/α,β-unsaturated/α-hetero) is 2. The Bertz CT molecular complexity index is 920. The number of benzene rings is 1. The minimum atomic E-state index is -1.25. The van der Waals surface area contributed by atoms with Crippen LogP contribution in [0.25, 0.3) is 0 Å². The monoisotopic (exact) mass is 392 g/mol. The van der Waals surface area contributed by atoms with E-state index in [1.165, 1.54) is 5.38 Å². The molecule has 1 atom stereocenters. The lowest BCUT2D eigenvalue weighted by molar-refractivity contribution is -0.119. The maximum absolute atomic E-state index is 13.6. The van der Waals surface area contributed by atoms with Gasteiger partial charge in [-0.25, -0.2) is 18.6 Å². The molecule has 0 fully saturated rings. The van der Waals surface area contributed by atoms with Crippen molar-refractivity contribution in [1.82, 2.24) is 4.98 Å². The first kappa shape index (κ1) is 20.3. The molecule has 2 rings (SSSR count). The van der Waals surface area contributed by atoms with Crippen LogP contribution in [0.5, 0.6) is 0 Å². The molecule has 0 bridgehead atoms. The molecule has 2 aromatic rings. The highest BCUT2D eigenvalue weighted by Gasteiger charge is 2.26. The van der Waals surface area contributed by atoms with Gasteiger partial charge < -0.3 is 4.74 Å². The Morgan fingerprint density at radius 1 is 1.30 bits per heavy atom. The van der Waals surface area contributed by atoms with Crippen molar-refractivity contribution in [1.29, 1.82) is 5.26 Å². The number of nitriles is 1. The Morgan fingerprint density at radius 2 is 2.04 bits per heavy atom. The number of carbonyl (C=O) groups excluding carboxylic acids is 3. The average Bonchev–Trinajstić information content (AvgIpc) is 3.10. The first-order valence-corrected chi connectivity index (χ1v) is 8.78. The van der Waals surface area contributed by atoms with Crippen molar-refractivity contribution in [2.24, 2.45) is 0 Å². The lowest BCUT2D eigenvalue weighted by Crippen LogP contribution is -2.14. The van der Waals surface area contributed by atoms with Crippen LogP contribution in [0.1, 0.15) is 51.5 Å². The van der Waals surface area contributed by atoms with E-state index >= 15 is 0 Å². The predicted octanol–water partition coefficient (Wildman–Crippen LogP) is 3.44. The van der Waals surface area contributed by atoms with Gasteiger partial charge in [-0.2, -0.15) is 5.26 Å². The van der Waals surface area contributed by atoms with Gasteiger partial charge in [-0.1, -0.05) is 0 Å². The minimum Gasteiger partial charge on any atom is -0.461 e. The quantitative estimate of drug-likeness (QED) is 0.504. The molecule has 1 unspecified atom stereocenters. The summed E-state index contributed by atoms with van der Waals surface area (Å²) in [6.45, 7) is 1.79. The van der Waals surface area contributed by atoms with Crippen LogP contribution in [0.3, 0.4) is 0 Å². The SMILES string of the molecule is CCOC(=O)c1csc(C(C#N)C(=O)CCC(=O)c2ccc(F)cc2F)n1. The molecule has 0 aliphatic heterocycles. The third-order valence-corrected chi connectivity index (χ3v) is 4.44. The normalized spacial score (nSPS) is 11.5. The maximum Gasteiger partial charge on any atom is 0.357 e. The zero-order valence-corrected chi connectivity index (χ0v) is 15.0. The number of aromatic nitrogens is 1. The molecule has 1 heterocycles. The molecular formula is C18H14F2N2O4S. The fourth-order valence-corrected chi connectivity index (χ4v) is 3.07. The molecule has 140 valence electrons. The molecule has 1 aromatic carbocycles. The van der Waals surface area contributed by atoms with Crippen LogP contribution >= 0.6 is 11.3 Å². The summed E-state index contributed by atoms with van der Waals surface area (Å²) in [5.74, 6) is -4.99. The highest BCUT2D eigenvalue weighted by atomic mass is 32.1. The Hall–Kier alpha value is -2.99. The van der Waals surface area contributed by atoms with E-state index in [2.05, 4.69) is 4.98 Å². The zero-order valence-electron chi connectivity index (χ0n) is 14.2. The van der Waals surface area contributed by atoms with Crippen LogP contribution in [0, 0.1) is 23.0 Å². The first-order valence-electron chi connectivity index (χ1n) is 7.90. The van der Waals surface area contributed by atoms with Gasteiger partial charge in [0.25, 0.3) is 0 Å². The molecule has 0 saturated heterocycles. The van der Waals surface area contributed by atoms with Crippen LogP contribution in [0.2, 0.25) is 0 Å². The molecule has 27 heavy (non-hydrogen) atoms. The molecule has 1 aromatic heterocycles. The van der Waals surface area contributed by atoms with Gasteiger partial charge >= 0.3 is 5.97 Å². The Kier molecular flexibility index (Phi) is 6.85. The summed E-state index contributed by atoms with van der Waals surface area (Å²) < 4.78 is 31.3. The van der Waals surface area contributed by atoms with Gasteiger partial charge in [0, 0.05) is 24.3 Å². The molecule has 6 nitrogen and oxygen atoms in total. The molecule has 0 radical (unpaired) electrons. The lowest BCUT2D eigenvalue weighted by atomic mass is 9.98. The number of nitrogens with zero attached hydrogens (tertiary/aromatic N) is 2. The van der Waals surface area contributed by atoms with E-state index in [1.54, 1.807) is 13.0 Å². The van der Waals surface area contributed by atoms with Gasteiger partial charge in [0.2, 0.25) is 0 Å². The molecule has 0 saturated carbocycles. The largest absolute Gasteiger partial charge is 0.461 e. The summed E-state index contributed by atoms with van der Waals surface area (Å²) in [5.41, 5.74) is -0.328. The summed E-state index contributed by atoms with van der Waals surface area (Å²) in [6, 6.07) is 4.33. The molecular weight excluding hydrogens is 378 g/mol. The molecule has 0 aliphatic carbocycles. The number of rotatable bonds is 8. The van der Waals surface area contributed by atoms with Crippen molar-refractivity contribution < 1.29 is 27.9 Å². The van der Waals surface area contributed by atoms with E-state index in [0.717, 1.165) is 23.5 Å². The van der Waals surface area contributed by atoms with Gasteiger partial charge in [-0.15, -0.1) is 11.3 Å². The number of halogens is 2. The summed E-state index contributed by atoms with van der Waals surface area (Å²) in [5, 5.41) is 10.7. The van der Waals surface area contributed by atoms with Gasteiger partial charge in [-0.3, -0.25) is 9.59 Å². The van der Waals surface area contributed by atoms with Crippen molar-refractivity contribution >= 4 is 28.9 Å². The number of hydrogen-bond acceptors (Lipinski definition) is 7. The van der Waals surface area contributed by atoms with Crippen molar-refractivity contribution in [2.45, 2.75) is 25.7 Å². The number of hydrogen-bond donors (Lipinski definition) is 0. The number of ether oxygens (including phenoxy) is 1. The van der Waals surface area contributed by atoms with Crippen molar-refractivity contribution in [3.05, 3.63) is 51.5 Å². The Morgan fingerprint density at radius 3 is 2.67 bits per heavy atom. The predicted molar refractivity (Wildman–Crippen MR) is 91.4 cm³/mol. The maximum atomic E-state index is 13.6. The molecule has 0 spiro atoms. The van der Waals surface area contributed by atoms with Gasteiger partial charge in [0.1, 0.15) is 16.6 Å². The molecule has 0 N–H and O–H groups in total. The van der Waals surface area contributed by atoms with E-state index in [1.807, 2.05) is 0 Å². The third kappa shape index (κ3) is 5.01. The van der Waals surface area contributed by atoms with Gasteiger partial charge in [0.05, 0.1) is 18.2 Å². The summed E-state index contributed by atoms with van der Waals surface area (Å²) in [7, 11) is 0. The van der Waals surface area contributed by atoms with E-state index in [4.69, 9.17) is 4.74 Å². The van der Waals surface area contributed by atoms with Gasteiger partial charge in [0.15, 0.2) is 23.2 Å². The number of ketones is 2. The third-order valence-electron chi connectivity index (χ3n) is 3.53. The summed E-state index contributed by atoms with van der Waals surface area (Å²) >= 11 is 0.958. The second kappa shape index (κ2) is 9.09. The Labute approximate surface area is 157 Å². The van der Waals surface area contributed by atoms with Crippen molar-refractivity contribution in [3.8, 4) is 6.07 Å². The van der Waals surface area contributed by atoms with Crippen LogP contribution in [0.15, 0.2) is 23.6 Å². The van der Waals surface area contributed by atoms with Crippen LogP contribution in [0.4, 0.5) is 8.78 Å². The van der Waals surface area contributed by atoms with E-state index in [-0.39, 0.29) is 35.7 Å². The van der Waals surface area contributed by atoms with E-state index in [0.29, 0.717) is 6.07 Å². The second-order valence-electron chi connectivity index (χ2n) is 5.37. The zero-order chi connectivity index (χ0) is 20.0.